The first-order valence-corrected chi connectivity index (χ1v) is 4.71. The van der Waals surface area contributed by atoms with Crippen LogP contribution < -0.4 is 0 Å². The first kappa shape index (κ1) is 7.29. The molecule has 1 heterocycles. The van der Waals surface area contributed by atoms with Crippen LogP contribution in [0, 0.1) is 6.42 Å². The molecular formula is C7H16OSi+. The molecule has 1 aliphatic rings. The third-order valence-corrected chi connectivity index (χ3v) is 3.48. The summed E-state index contributed by atoms with van der Waals surface area (Å²) in [6, 6.07) is 0. The quantitative estimate of drug-likeness (QED) is 0.489. The van der Waals surface area contributed by atoms with E-state index in [0.717, 1.165) is 16.8 Å². The molecule has 0 bridgehead atoms. The lowest BCUT2D eigenvalue weighted by Crippen LogP contribution is -2.36. The zero-order chi connectivity index (χ0) is 6.74. The van der Waals surface area contributed by atoms with Crippen LogP contribution in [0.5, 0.6) is 0 Å². The van der Waals surface area contributed by atoms with E-state index in [0.29, 0.717) is 0 Å². The van der Waals surface area contributed by atoms with Crippen molar-refractivity contribution in [2.45, 2.75) is 31.4 Å². The lowest BCUT2D eigenvalue weighted by atomic mass is 10.1. The van der Waals surface area contributed by atoms with E-state index >= 15 is 0 Å². The largest absolute Gasteiger partial charge is 1.00 e. The van der Waals surface area contributed by atoms with Crippen LogP contribution in [0.3, 0.4) is 0 Å². The first-order valence-electron chi connectivity index (χ1n) is 3.71. The van der Waals surface area contributed by atoms with Crippen LogP contribution in [0.1, 0.15) is 27.6 Å². The zero-order valence-electron chi connectivity index (χ0n) is 7.31. The summed E-state index contributed by atoms with van der Waals surface area (Å²) in [5.74, 6) is 0. The standard InChI is InChI=1S/C7H15OSi/c1-2-7(9)5-3-4-6-8-7/h2H,3-6H2,1,9H3/p+1. The van der Waals surface area contributed by atoms with E-state index in [4.69, 9.17) is 4.74 Å². The summed E-state index contributed by atoms with van der Waals surface area (Å²) in [4.78, 5) is 0. The highest BCUT2D eigenvalue weighted by molar-refractivity contribution is 6.15. The Hall–Kier alpha value is 0.177. The summed E-state index contributed by atoms with van der Waals surface area (Å²) in [5, 5.41) is 0.234. The van der Waals surface area contributed by atoms with E-state index in [2.05, 4.69) is 13.3 Å². The number of rotatable bonds is 1. The highest BCUT2D eigenvalue weighted by Gasteiger charge is 2.24. The van der Waals surface area contributed by atoms with E-state index < -0.39 is 0 Å². The van der Waals surface area contributed by atoms with Gasteiger partial charge in [0.25, 0.3) is 0 Å². The SMILES string of the molecule is C[CH]C1([SiH3])CCCCO1.[H+]. The van der Waals surface area contributed by atoms with Crippen molar-refractivity contribution in [2.75, 3.05) is 6.61 Å². The van der Waals surface area contributed by atoms with Gasteiger partial charge in [-0.05, 0) is 25.7 Å². The van der Waals surface area contributed by atoms with Crippen LogP contribution >= 0.6 is 0 Å². The molecule has 0 aromatic rings. The van der Waals surface area contributed by atoms with Gasteiger partial charge < -0.3 is 4.74 Å². The van der Waals surface area contributed by atoms with Crippen molar-refractivity contribution in [3.05, 3.63) is 6.42 Å². The van der Waals surface area contributed by atoms with Gasteiger partial charge in [-0.2, -0.15) is 0 Å². The number of hydrogen-bond donors (Lipinski definition) is 0. The van der Waals surface area contributed by atoms with Gasteiger partial charge in [0.05, 0.1) is 5.22 Å². The molecule has 0 aliphatic carbocycles. The van der Waals surface area contributed by atoms with Gasteiger partial charge in [-0.25, -0.2) is 0 Å². The second-order valence-corrected chi connectivity index (χ2v) is 4.60. The first-order chi connectivity index (χ1) is 4.27. The van der Waals surface area contributed by atoms with Gasteiger partial charge in [0.1, 0.15) is 0 Å². The monoisotopic (exact) mass is 144 g/mol. The molecule has 1 saturated heterocycles. The molecule has 0 amide bonds. The molecule has 1 atom stereocenters. The van der Waals surface area contributed by atoms with Gasteiger partial charge >= 0.3 is 1.43 Å². The Bertz CT molecular complexity index is 91.6. The smallest absolute Gasteiger partial charge is 0.379 e. The van der Waals surface area contributed by atoms with Crippen molar-refractivity contribution < 1.29 is 6.16 Å². The van der Waals surface area contributed by atoms with Gasteiger partial charge in [0.15, 0.2) is 0 Å². The maximum atomic E-state index is 5.62. The Morgan fingerprint density at radius 1 is 1.67 bits per heavy atom. The Morgan fingerprint density at radius 2 is 2.44 bits per heavy atom. The molecule has 0 N–H and O–H groups in total. The Kier molecular flexibility index (Phi) is 2.30. The maximum absolute atomic E-state index is 5.62. The number of hydrogen-bond acceptors (Lipinski definition) is 1. The Labute approximate surface area is 61.7 Å². The molecule has 1 unspecified atom stereocenters. The minimum absolute atomic E-state index is 0. The molecule has 1 fully saturated rings. The van der Waals surface area contributed by atoms with Crippen molar-refractivity contribution in [1.29, 1.82) is 0 Å². The van der Waals surface area contributed by atoms with E-state index in [1.165, 1.54) is 19.3 Å². The lowest BCUT2D eigenvalue weighted by Gasteiger charge is -2.32. The van der Waals surface area contributed by atoms with Gasteiger partial charge in [-0.15, -0.1) is 0 Å². The summed E-state index contributed by atoms with van der Waals surface area (Å²) < 4.78 is 5.62. The molecule has 53 valence electrons. The van der Waals surface area contributed by atoms with Crippen LogP contribution in [0.2, 0.25) is 0 Å². The highest BCUT2D eigenvalue weighted by atomic mass is 28.1. The normalized spacial score (nSPS) is 37.0. The van der Waals surface area contributed by atoms with Crippen LogP contribution in [0.25, 0.3) is 0 Å². The van der Waals surface area contributed by atoms with Crippen molar-refractivity contribution >= 4 is 10.2 Å². The van der Waals surface area contributed by atoms with Gasteiger partial charge in [0, 0.05) is 16.8 Å². The van der Waals surface area contributed by atoms with Crippen LogP contribution in [0.15, 0.2) is 0 Å². The fourth-order valence-corrected chi connectivity index (χ4v) is 1.74. The molecule has 2 heteroatoms. The zero-order valence-corrected chi connectivity index (χ0v) is 8.31. The second kappa shape index (κ2) is 2.84. The van der Waals surface area contributed by atoms with Crippen LogP contribution in [-0.4, -0.2) is 22.1 Å². The number of ether oxygens (including phenoxy) is 1. The topological polar surface area (TPSA) is 9.23 Å². The van der Waals surface area contributed by atoms with Gasteiger partial charge in [-0.3, -0.25) is 0 Å². The Morgan fingerprint density at radius 3 is 2.78 bits per heavy atom. The Balaban J connectivity index is 0.000000810. The summed E-state index contributed by atoms with van der Waals surface area (Å²) in [6.07, 6.45) is 6.10. The van der Waals surface area contributed by atoms with Crippen LogP contribution in [-0.2, 0) is 4.74 Å². The molecule has 0 spiro atoms. The van der Waals surface area contributed by atoms with E-state index in [9.17, 15) is 0 Å². The lowest BCUT2D eigenvalue weighted by molar-refractivity contribution is 0.00498. The summed E-state index contributed by atoms with van der Waals surface area (Å²) in [7, 11) is 1.15. The summed E-state index contributed by atoms with van der Waals surface area (Å²) in [5.41, 5.74) is 0. The molecular weight excluding hydrogens is 128 g/mol. The van der Waals surface area contributed by atoms with Gasteiger partial charge in [0.2, 0.25) is 0 Å². The van der Waals surface area contributed by atoms with E-state index in [1.807, 2.05) is 0 Å². The maximum Gasteiger partial charge on any atom is 1.00 e. The third kappa shape index (κ3) is 1.80. The van der Waals surface area contributed by atoms with Crippen molar-refractivity contribution in [1.82, 2.24) is 0 Å². The average molecular weight is 144 g/mol. The molecule has 0 saturated carbocycles. The van der Waals surface area contributed by atoms with Crippen LogP contribution in [0.4, 0.5) is 0 Å². The summed E-state index contributed by atoms with van der Waals surface area (Å²) >= 11 is 0. The average Bonchev–Trinajstić information content (AvgIpc) is 1.90. The molecule has 1 nitrogen and oxygen atoms in total. The van der Waals surface area contributed by atoms with Crippen molar-refractivity contribution in [2.24, 2.45) is 0 Å². The molecule has 0 aromatic carbocycles. The molecule has 9 heavy (non-hydrogen) atoms. The molecule has 1 aliphatic heterocycles. The predicted molar refractivity (Wildman–Crippen MR) is 43.6 cm³/mol. The molecule has 1 rings (SSSR count). The second-order valence-electron chi connectivity index (χ2n) is 2.91. The van der Waals surface area contributed by atoms with Crippen molar-refractivity contribution in [3.8, 4) is 0 Å². The third-order valence-electron chi connectivity index (χ3n) is 2.11. The molecule has 0 aromatic heterocycles. The fraction of sp³-hybridized carbons (Fsp3) is 0.857. The van der Waals surface area contributed by atoms with E-state index in [-0.39, 0.29) is 6.65 Å². The van der Waals surface area contributed by atoms with Crippen molar-refractivity contribution in [3.63, 3.8) is 0 Å². The molecule has 1 radical (unpaired) electrons. The fourth-order valence-electron chi connectivity index (χ4n) is 1.18. The van der Waals surface area contributed by atoms with Gasteiger partial charge in [-0.1, -0.05) is 6.92 Å². The minimum atomic E-state index is 0. The van der Waals surface area contributed by atoms with E-state index in [1.54, 1.807) is 0 Å². The minimum Gasteiger partial charge on any atom is -0.379 e. The highest BCUT2D eigenvalue weighted by Crippen LogP contribution is 2.23. The summed E-state index contributed by atoms with van der Waals surface area (Å²) in [6.45, 7) is 3.09. The predicted octanol–water partition coefficient (Wildman–Crippen LogP) is 0.585.